The molecule has 1 amide bonds. The van der Waals surface area contributed by atoms with Crippen LogP contribution in [0.25, 0.3) is 0 Å². The number of fused-ring (bicyclic) bond motifs is 1. The number of benzene rings is 2. The molecule has 0 radical (unpaired) electrons. The molecule has 3 nitrogen and oxygen atoms in total. The maximum atomic E-state index is 13.0. The van der Waals surface area contributed by atoms with E-state index in [1.165, 1.54) is 17.0 Å². The molecule has 7 heteroatoms. The molecule has 1 aliphatic rings. The first-order valence-corrected chi connectivity index (χ1v) is 7.75. The van der Waals surface area contributed by atoms with Crippen LogP contribution < -0.4 is 10.2 Å². The number of rotatable bonds is 3. The Bertz CT molecular complexity index is 805. The van der Waals surface area contributed by atoms with Gasteiger partial charge in [-0.2, -0.15) is 13.2 Å². The third kappa shape index (κ3) is 2.82. The summed E-state index contributed by atoms with van der Waals surface area (Å²) in [6.45, 7) is 2.78. The van der Waals surface area contributed by atoms with Crippen molar-refractivity contribution in [1.29, 1.82) is 0 Å². The summed E-state index contributed by atoms with van der Waals surface area (Å²) < 4.78 is 39.1. The van der Waals surface area contributed by atoms with Gasteiger partial charge in [0.1, 0.15) is 0 Å². The fourth-order valence-electron chi connectivity index (χ4n) is 2.81. The molecule has 0 unspecified atom stereocenters. The molecule has 0 saturated carbocycles. The smallest absolute Gasteiger partial charge is 0.385 e. The molecule has 0 fully saturated rings. The van der Waals surface area contributed by atoms with Crippen molar-refractivity contribution in [2.45, 2.75) is 19.6 Å². The van der Waals surface area contributed by atoms with Gasteiger partial charge in [0.05, 0.1) is 22.7 Å². The lowest BCUT2D eigenvalue weighted by atomic mass is 10.1. The van der Waals surface area contributed by atoms with E-state index in [-0.39, 0.29) is 23.2 Å². The molecule has 1 N–H and O–H groups in total. The molecule has 0 aliphatic carbocycles. The maximum absolute atomic E-state index is 13.0. The van der Waals surface area contributed by atoms with Gasteiger partial charge in [-0.1, -0.05) is 23.7 Å². The van der Waals surface area contributed by atoms with Crippen LogP contribution in [0.15, 0.2) is 36.4 Å². The van der Waals surface area contributed by atoms with Crippen molar-refractivity contribution in [2.24, 2.45) is 0 Å². The number of nitrogens with one attached hydrogen (secondary N) is 1. The van der Waals surface area contributed by atoms with E-state index in [1.54, 1.807) is 12.1 Å². The molecule has 0 bridgehead atoms. The second-order valence-corrected chi connectivity index (χ2v) is 5.83. The van der Waals surface area contributed by atoms with Gasteiger partial charge in [0.2, 0.25) is 0 Å². The molecule has 0 aromatic heterocycles. The average molecular weight is 355 g/mol. The Balaban J connectivity index is 2.01. The third-order valence-corrected chi connectivity index (χ3v) is 4.20. The number of nitrogens with zero attached hydrogens (tertiary/aromatic N) is 1. The van der Waals surface area contributed by atoms with Crippen LogP contribution in [0.3, 0.4) is 0 Å². The van der Waals surface area contributed by atoms with Crippen LogP contribution in [0.2, 0.25) is 5.02 Å². The van der Waals surface area contributed by atoms with Gasteiger partial charge in [-0.3, -0.25) is 4.79 Å². The molecule has 126 valence electrons. The minimum Gasteiger partial charge on any atom is -0.385 e. The number of carbonyl (C=O) groups excluding carboxylic acids is 1. The Morgan fingerprint density at radius 3 is 2.67 bits per heavy atom. The van der Waals surface area contributed by atoms with E-state index in [0.29, 0.717) is 17.8 Å². The highest BCUT2D eigenvalue weighted by atomic mass is 35.5. The molecule has 0 atom stereocenters. The van der Waals surface area contributed by atoms with E-state index in [1.807, 2.05) is 13.0 Å². The highest BCUT2D eigenvalue weighted by Crippen LogP contribution is 2.39. The fraction of sp³-hybridized carbons (Fsp3) is 0.235. The number of amides is 1. The molecular formula is C17H14ClF3N2O. The van der Waals surface area contributed by atoms with Gasteiger partial charge in [0, 0.05) is 17.9 Å². The zero-order valence-corrected chi connectivity index (χ0v) is 13.5. The van der Waals surface area contributed by atoms with Crippen molar-refractivity contribution < 1.29 is 18.0 Å². The van der Waals surface area contributed by atoms with Gasteiger partial charge >= 0.3 is 6.18 Å². The Kier molecular flexibility index (Phi) is 4.17. The highest BCUT2D eigenvalue weighted by molar-refractivity contribution is 6.31. The van der Waals surface area contributed by atoms with E-state index < -0.39 is 11.7 Å². The second-order valence-electron chi connectivity index (χ2n) is 5.42. The summed E-state index contributed by atoms with van der Waals surface area (Å²) in [7, 11) is 0. The van der Waals surface area contributed by atoms with Crippen molar-refractivity contribution in [3.8, 4) is 0 Å². The van der Waals surface area contributed by atoms with Gasteiger partial charge in [-0.15, -0.1) is 0 Å². The van der Waals surface area contributed by atoms with E-state index in [9.17, 15) is 18.0 Å². The zero-order chi connectivity index (χ0) is 17.5. The summed E-state index contributed by atoms with van der Waals surface area (Å²) in [5, 5.41) is 2.72. The molecule has 2 aromatic rings. The fourth-order valence-corrected chi connectivity index (χ4v) is 3.03. The Hall–Kier alpha value is -2.21. The van der Waals surface area contributed by atoms with E-state index in [2.05, 4.69) is 5.32 Å². The number of hydrogen-bond acceptors (Lipinski definition) is 2. The summed E-state index contributed by atoms with van der Waals surface area (Å²) in [5.41, 5.74) is 1.20. The lowest BCUT2D eigenvalue weighted by molar-refractivity contribution is -0.137. The Labute approximate surface area is 142 Å². The zero-order valence-electron chi connectivity index (χ0n) is 12.7. The lowest BCUT2D eigenvalue weighted by Crippen LogP contribution is -2.24. The van der Waals surface area contributed by atoms with Crippen molar-refractivity contribution in [3.63, 3.8) is 0 Å². The van der Waals surface area contributed by atoms with Gasteiger partial charge in [-0.25, -0.2) is 0 Å². The second kappa shape index (κ2) is 6.02. The van der Waals surface area contributed by atoms with E-state index >= 15 is 0 Å². The minimum atomic E-state index is -4.57. The molecule has 3 rings (SSSR count). The van der Waals surface area contributed by atoms with E-state index in [4.69, 9.17) is 11.6 Å². The van der Waals surface area contributed by atoms with E-state index in [0.717, 1.165) is 11.6 Å². The molecule has 2 aromatic carbocycles. The Morgan fingerprint density at radius 2 is 2.00 bits per heavy atom. The summed E-state index contributed by atoms with van der Waals surface area (Å²) >= 11 is 5.65. The van der Waals surface area contributed by atoms with Crippen molar-refractivity contribution in [1.82, 2.24) is 0 Å². The number of anilines is 2. The van der Waals surface area contributed by atoms with Gasteiger partial charge in [0.15, 0.2) is 0 Å². The van der Waals surface area contributed by atoms with Crippen LogP contribution in [0, 0.1) is 0 Å². The first-order valence-electron chi connectivity index (χ1n) is 7.37. The Morgan fingerprint density at radius 1 is 1.25 bits per heavy atom. The normalized spacial score (nSPS) is 14.0. The average Bonchev–Trinajstić information content (AvgIpc) is 2.85. The first kappa shape index (κ1) is 16.6. The summed E-state index contributed by atoms with van der Waals surface area (Å²) in [4.78, 5) is 14.0. The summed E-state index contributed by atoms with van der Waals surface area (Å²) in [5.74, 6) is -0.322. The topological polar surface area (TPSA) is 32.3 Å². The van der Waals surface area contributed by atoms with Crippen LogP contribution in [-0.4, -0.2) is 12.5 Å². The number of carbonyl (C=O) groups is 1. The van der Waals surface area contributed by atoms with Crippen LogP contribution in [0.1, 0.15) is 28.4 Å². The molecule has 24 heavy (non-hydrogen) atoms. The number of alkyl halides is 3. The molecule has 1 heterocycles. The van der Waals surface area contributed by atoms with Crippen LogP contribution >= 0.6 is 11.6 Å². The van der Waals surface area contributed by atoms with Gasteiger partial charge < -0.3 is 10.2 Å². The largest absolute Gasteiger partial charge is 0.417 e. The van der Waals surface area contributed by atoms with Crippen molar-refractivity contribution in [2.75, 3.05) is 16.8 Å². The predicted molar refractivity (Wildman–Crippen MR) is 87.6 cm³/mol. The predicted octanol–water partition coefficient (Wildman–Crippen LogP) is 4.95. The van der Waals surface area contributed by atoms with Crippen LogP contribution in [0.5, 0.6) is 0 Å². The highest BCUT2D eigenvalue weighted by Gasteiger charge is 2.36. The van der Waals surface area contributed by atoms with Gasteiger partial charge in [0.25, 0.3) is 5.91 Å². The van der Waals surface area contributed by atoms with Gasteiger partial charge in [-0.05, 0) is 36.8 Å². The minimum absolute atomic E-state index is 0.176. The molecule has 0 spiro atoms. The number of halogens is 4. The standard InChI is InChI=1S/C17H14ClF3N2O/c1-2-22-14-5-3-4-10-9-23(16(24)15(10)14)11-6-7-13(18)12(8-11)17(19,20)21/h3-8,22H,2,9H2,1H3. The lowest BCUT2D eigenvalue weighted by Gasteiger charge is -2.18. The van der Waals surface area contributed by atoms with Crippen molar-refractivity contribution in [3.05, 3.63) is 58.1 Å². The maximum Gasteiger partial charge on any atom is 0.417 e. The number of hydrogen-bond donors (Lipinski definition) is 1. The van der Waals surface area contributed by atoms with Crippen LogP contribution in [-0.2, 0) is 12.7 Å². The molecular weight excluding hydrogens is 341 g/mol. The monoisotopic (exact) mass is 354 g/mol. The third-order valence-electron chi connectivity index (χ3n) is 3.87. The summed E-state index contributed by atoms with van der Waals surface area (Å²) in [6.07, 6.45) is -4.57. The summed E-state index contributed by atoms with van der Waals surface area (Å²) in [6, 6.07) is 8.91. The molecule has 0 saturated heterocycles. The first-order chi connectivity index (χ1) is 11.3. The SMILES string of the molecule is CCNc1cccc2c1C(=O)N(c1ccc(Cl)c(C(F)(F)F)c1)C2. The van der Waals surface area contributed by atoms with Crippen LogP contribution in [0.4, 0.5) is 24.5 Å². The van der Waals surface area contributed by atoms with Crippen molar-refractivity contribution >= 4 is 28.9 Å². The quantitative estimate of drug-likeness (QED) is 0.845. The molecule has 1 aliphatic heterocycles.